The van der Waals surface area contributed by atoms with E-state index in [1.807, 2.05) is 19.1 Å². The van der Waals surface area contributed by atoms with Crippen molar-refractivity contribution in [2.45, 2.75) is 13.1 Å². The van der Waals surface area contributed by atoms with E-state index in [9.17, 15) is 4.39 Å². The maximum Gasteiger partial charge on any atom is 0.125 e. The Labute approximate surface area is 74.6 Å². The van der Waals surface area contributed by atoms with Crippen molar-refractivity contribution in [3.05, 3.63) is 40.7 Å². The molecule has 0 fully saturated rings. The molecule has 1 aromatic rings. The summed E-state index contributed by atoms with van der Waals surface area (Å²) in [7, 11) is 0. The molecular weight excluding hydrogens is 207 g/mol. The summed E-state index contributed by atoms with van der Waals surface area (Å²) in [6.45, 7) is 5.19. The Morgan fingerprint density at radius 3 is 2.64 bits per heavy atom. The number of rotatable bonds is 1. The molecule has 1 aromatic carbocycles. The number of hydrogen-bond donors (Lipinski definition) is 0. The molecule has 1 radical (unpaired) electrons. The molecule has 2 heteroatoms. The first kappa shape index (κ1) is 8.72. The van der Waals surface area contributed by atoms with Crippen molar-refractivity contribution in [1.29, 1.82) is 0 Å². The largest absolute Gasteiger partial charge is 0.242 e. The first-order chi connectivity index (χ1) is 5.11. The summed E-state index contributed by atoms with van der Waals surface area (Å²) >= 11 is 3.30. The lowest BCUT2D eigenvalue weighted by Crippen LogP contribution is -1.89. The minimum absolute atomic E-state index is 0.660. The Bertz CT molecular complexity index is 256. The van der Waals surface area contributed by atoms with Gasteiger partial charge in [-0.3, -0.25) is 0 Å². The van der Waals surface area contributed by atoms with E-state index >= 15 is 0 Å². The molecule has 0 saturated heterocycles. The summed E-state index contributed by atoms with van der Waals surface area (Å²) in [6.07, 6.45) is -1.12. The van der Waals surface area contributed by atoms with E-state index in [2.05, 4.69) is 22.9 Å². The Kier molecular flexibility index (Phi) is 2.66. The summed E-state index contributed by atoms with van der Waals surface area (Å²) in [5.41, 5.74) is 1.59. The third kappa shape index (κ3) is 2.03. The number of aryl methyl sites for hydroxylation is 1. The third-order valence-corrected chi connectivity index (χ3v) is 2.06. The molecule has 0 amide bonds. The number of alkyl halides is 1. The number of benzene rings is 1. The molecule has 0 saturated carbocycles. The standard InChI is InChI=1S/C9H9BrF/c1-6-5-8(10)3-4-9(6)7(2)11/h3-5,7H,2H2,1H3. The highest BCUT2D eigenvalue weighted by atomic mass is 79.9. The minimum atomic E-state index is -1.12. The van der Waals surface area contributed by atoms with Crippen LogP contribution in [0.3, 0.4) is 0 Å². The van der Waals surface area contributed by atoms with Gasteiger partial charge in [-0.25, -0.2) is 4.39 Å². The molecule has 0 spiro atoms. The lowest BCUT2D eigenvalue weighted by Gasteiger charge is -2.05. The maximum atomic E-state index is 12.7. The molecule has 0 aliphatic heterocycles. The van der Waals surface area contributed by atoms with Crippen LogP contribution in [0.5, 0.6) is 0 Å². The monoisotopic (exact) mass is 215 g/mol. The van der Waals surface area contributed by atoms with E-state index in [0.29, 0.717) is 5.56 Å². The van der Waals surface area contributed by atoms with Gasteiger partial charge in [0.15, 0.2) is 0 Å². The first-order valence-corrected chi connectivity index (χ1v) is 4.14. The molecular formula is C9H9BrF. The van der Waals surface area contributed by atoms with Crippen LogP contribution in [-0.4, -0.2) is 0 Å². The smallest absolute Gasteiger partial charge is 0.125 e. The second-order valence-corrected chi connectivity index (χ2v) is 3.38. The fourth-order valence-electron chi connectivity index (χ4n) is 0.991. The normalized spacial score (nSPS) is 13.1. The van der Waals surface area contributed by atoms with Crippen molar-refractivity contribution in [2.75, 3.05) is 0 Å². The van der Waals surface area contributed by atoms with Crippen LogP contribution in [0, 0.1) is 13.8 Å². The zero-order chi connectivity index (χ0) is 8.43. The molecule has 0 nitrogen and oxygen atoms in total. The van der Waals surface area contributed by atoms with E-state index in [-0.39, 0.29) is 0 Å². The molecule has 0 N–H and O–H groups in total. The molecule has 0 aliphatic rings. The number of hydrogen-bond acceptors (Lipinski definition) is 0. The zero-order valence-electron chi connectivity index (χ0n) is 6.27. The van der Waals surface area contributed by atoms with Crippen molar-refractivity contribution >= 4 is 15.9 Å². The van der Waals surface area contributed by atoms with Gasteiger partial charge in [-0.1, -0.05) is 22.0 Å². The van der Waals surface area contributed by atoms with Gasteiger partial charge in [0.05, 0.1) is 0 Å². The highest BCUT2D eigenvalue weighted by Crippen LogP contribution is 2.23. The quantitative estimate of drug-likeness (QED) is 0.672. The molecule has 59 valence electrons. The predicted molar refractivity (Wildman–Crippen MR) is 48.1 cm³/mol. The van der Waals surface area contributed by atoms with Crippen LogP contribution in [0.2, 0.25) is 0 Å². The van der Waals surface area contributed by atoms with Crippen molar-refractivity contribution in [2.24, 2.45) is 0 Å². The maximum absolute atomic E-state index is 12.7. The van der Waals surface area contributed by atoms with E-state index in [4.69, 9.17) is 0 Å². The van der Waals surface area contributed by atoms with Crippen LogP contribution in [0.4, 0.5) is 4.39 Å². The molecule has 1 rings (SSSR count). The molecule has 0 aromatic heterocycles. The van der Waals surface area contributed by atoms with Gasteiger partial charge in [0.25, 0.3) is 0 Å². The Balaban J connectivity index is 3.09. The summed E-state index contributed by atoms with van der Waals surface area (Å²) in [5, 5.41) is 0. The van der Waals surface area contributed by atoms with Gasteiger partial charge < -0.3 is 0 Å². The zero-order valence-corrected chi connectivity index (χ0v) is 7.86. The molecule has 0 bridgehead atoms. The fourth-order valence-corrected chi connectivity index (χ4v) is 1.47. The van der Waals surface area contributed by atoms with Crippen molar-refractivity contribution in [1.82, 2.24) is 0 Å². The van der Waals surface area contributed by atoms with Crippen LogP contribution in [0.25, 0.3) is 0 Å². The average Bonchev–Trinajstić information content (AvgIpc) is 1.85. The van der Waals surface area contributed by atoms with E-state index in [1.54, 1.807) is 6.07 Å². The van der Waals surface area contributed by atoms with E-state index in [0.717, 1.165) is 10.0 Å². The van der Waals surface area contributed by atoms with Crippen LogP contribution >= 0.6 is 15.9 Å². The molecule has 0 heterocycles. The van der Waals surface area contributed by atoms with Crippen LogP contribution < -0.4 is 0 Å². The summed E-state index contributed by atoms with van der Waals surface area (Å²) < 4.78 is 13.7. The second-order valence-electron chi connectivity index (χ2n) is 2.47. The highest BCUT2D eigenvalue weighted by molar-refractivity contribution is 9.10. The minimum Gasteiger partial charge on any atom is -0.242 e. The number of halogens is 2. The van der Waals surface area contributed by atoms with Crippen molar-refractivity contribution in [3.63, 3.8) is 0 Å². The molecule has 1 unspecified atom stereocenters. The van der Waals surface area contributed by atoms with Gasteiger partial charge >= 0.3 is 0 Å². The lowest BCUT2D eigenvalue weighted by molar-refractivity contribution is 0.410. The Morgan fingerprint density at radius 2 is 2.18 bits per heavy atom. The van der Waals surface area contributed by atoms with Crippen LogP contribution in [0.15, 0.2) is 22.7 Å². The lowest BCUT2D eigenvalue weighted by atomic mass is 10.1. The van der Waals surface area contributed by atoms with E-state index in [1.165, 1.54) is 0 Å². The molecule has 11 heavy (non-hydrogen) atoms. The van der Waals surface area contributed by atoms with Gasteiger partial charge in [-0.15, -0.1) is 0 Å². The molecule has 1 atom stereocenters. The van der Waals surface area contributed by atoms with Gasteiger partial charge in [0, 0.05) is 4.47 Å². The Morgan fingerprint density at radius 1 is 1.55 bits per heavy atom. The average molecular weight is 216 g/mol. The van der Waals surface area contributed by atoms with Crippen LogP contribution in [0.1, 0.15) is 17.3 Å². The van der Waals surface area contributed by atoms with E-state index < -0.39 is 6.17 Å². The van der Waals surface area contributed by atoms with Crippen molar-refractivity contribution in [3.8, 4) is 0 Å². The SMILES string of the molecule is [CH2]C(F)c1ccc(Br)cc1C. The summed E-state index contributed by atoms with van der Waals surface area (Å²) in [5.74, 6) is 0. The first-order valence-electron chi connectivity index (χ1n) is 3.34. The fraction of sp³-hybridized carbons (Fsp3) is 0.222. The third-order valence-electron chi connectivity index (χ3n) is 1.57. The topological polar surface area (TPSA) is 0 Å². The predicted octanol–water partition coefficient (Wildman–Crippen LogP) is 3.60. The molecule has 0 aliphatic carbocycles. The van der Waals surface area contributed by atoms with Gasteiger partial charge in [0.1, 0.15) is 6.17 Å². The second kappa shape index (κ2) is 3.35. The van der Waals surface area contributed by atoms with Gasteiger partial charge in [0.2, 0.25) is 0 Å². The van der Waals surface area contributed by atoms with Crippen molar-refractivity contribution < 1.29 is 4.39 Å². The Hall–Kier alpha value is -0.370. The van der Waals surface area contributed by atoms with Crippen LogP contribution in [-0.2, 0) is 0 Å². The highest BCUT2D eigenvalue weighted by Gasteiger charge is 2.05. The summed E-state index contributed by atoms with van der Waals surface area (Å²) in [4.78, 5) is 0. The summed E-state index contributed by atoms with van der Waals surface area (Å²) in [6, 6.07) is 5.45. The van der Waals surface area contributed by atoms with Gasteiger partial charge in [-0.05, 0) is 37.1 Å². The van der Waals surface area contributed by atoms with Gasteiger partial charge in [-0.2, -0.15) is 0 Å².